The van der Waals surface area contributed by atoms with Crippen LogP contribution in [0.15, 0.2) is 186 Å². The van der Waals surface area contributed by atoms with Gasteiger partial charge in [-0.05, 0) is 191 Å². The number of nitrogens with two attached hydrogens (primary N) is 4. The number of hydrogen-bond donors (Lipinski definition) is 9. The van der Waals surface area contributed by atoms with Crippen molar-refractivity contribution in [3.8, 4) is 0 Å². The van der Waals surface area contributed by atoms with Crippen molar-refractivity contribution in [2.24, 2.45) is 24.7 Å². The molecule has 0 aromatic carbocycles. The Morgan fingerprint density at radius 1 is 0.607 bits per heavy atom. The Hall–Kier alpha value is 0.122. The number of amidine groups is 1. The number of aryl methyl sites for hydroxylation is 6. The number of aromatic nitrogens is 7. The van der Waals surface area contributed by atoms with Crippen LogP contribution in [0.1, 0.15) is 46.4 Å². The monoisotopic (exact) mass is 2160 g/mol. The fraction of sp³-hybridized carbons (Fsp3) is 0.250. The molecule has 0 spiro atoms. The van der Waals surface area contributed by atoms with Gasteiger partial charge < -0.3 is 36.3 Å². The Morgan fingerprint density at radius 3 is 1.03 bits per heavy atom. The van der Waals surface area contributed by atoms with E-state index in [0.29, 0.717) is 18.4 Å². The minimum atomic E-state index is -5.50. The first-order chi connectivity index (χ1) is 41.0. The van der Waals surface area contributed by atoms with E-state index in [9.17, 15) is 0 Å². The van der Waals surface area contributed by atoms with Crippen LogP contribution in [0.5, 0.6) is 0 Å². The maximum absolute atomic E-state index is 8.70. The third-order valence-corrected chi connectivity index (χ3v) is 11.5. The summed E-state index contributed by atoms with van der Waals surface area (Å²) in [5.41, 5.74) is 23.5. The third kappa shape index (κ3) is 94.6. The normalized spacial score (nSPS) is 8.55. The zero-order valence-corrected chi connectivity index (χ0v) is 71.1. The minimum absolute atomic E-state index is 0. The molecule has 7 aromatic rings. The zero-order chi connectivity index (χ0) is 64.9. The summed E-state index contributed by atoms with van der Waals surface area (Å²) in [7, 11) is 0. The topological polar surface area (TPSA) is 324 Å². The van der Waals surface area contributed by atoms with Gasteiger partial charge in [-0.1, -0.05) is 20.1 Å². The molecule has 500 valence electrons. The number of hydrogen-bond acceptors (Lipinski definition) is 20. The Kier molecular flexibility index (Phi) is 107. The summed E-state index contributed by atoms with van der Waals surface area (Å²) in [5, 5.41) is 5.75. The van der Waals surface area contributed by atoms with Gasteiger partial charge in [0.15, 0.2) is 42.3 Å². The van der Waals surface area contributed by atoms with Gasteiger partial charge in [-0.25, -0.2) is 19.7 Å². The van der Waals surface area contributed by atoms with Crippen LogP contribution in [0.25, 0.3) is 6.08 Å². The van der Waals surface area contributed by atoms with Crippen LogP contribution < -0.4 is 79.8 Å². The van der Waals surface area contributed by atoms with E-state index in [1.165, 1.54) is 69.0 Å². The molecule has 0 saturated carbocycles. The molecular formula is C52H76Cl2CrI6N14O4S10. The molecule has 0 atom stereocenters. The van der Waals surface area contributed by atoms with Gasteiger partial charge in [0.2, 0.25) is 0 Å². The molecule has 0 fully saturated rings. The molecule has 0 aliphatic heterocycles. The van der Waals surface area contributed by atoms with E-state index in [1.54, 1.807) is 55.7 Å². The summed E-state index contributed by atoms with van der Waals surface area (Å²) in [6.07, 6.45) is 33.8. The van der Waals surface area contributed by atoms with E-state index < -0.39 is 13.6 Å². The number of halogens is 8. The first kappa shape index (κ1) is 108. The average Bonchev–Trinajstić information content (AvgIpc) is 3.51. The van der Waals surface area contributed by atoms with Crippen molar-refractivity contribution in [2.75, 3.05) is 34.5 Å². The molecule has 0 aliphatic carbocycles. The second-order valence-electron chi connectivity index (χ2n) is 14.4. The predicted octanol–water partition coefficient (Wildman–Crippen LogP) is 1.39. The molecule has 0 amide bonds. The Morgan fingerprint density at radius 2 is 0.820 bits per heavy atom. The van der Waals surface area contributed by atoms with E-state index >= 15 is 0 Å². The van der Waals surface area contributed by atoms with Gasteiger partial charge in [0.05, 0.1) is 0 Å². The van der Waals surface area contributed by atoms with Crippen LogP contribution >= 0.6 is 184 Å². The van der Waals surface area contributed by atoms with Gasteiger partial charge in [0.25, 0.3) is 5.17 Å². The number of nitrogens with one attached hydrogen (secondary N) is 4. The van der Waals surface area contributed by atoms with E-state index in [4.69, 9.17) is 31.8 Å². The number of H-pyrrole nitrogens is 3. The van der Waals surface area contributed by atoms with Gasteiger partial charge in [-0.15, -0.1) is 31.5 Å². The summed E-state index contributed by atoms with van der Waals surface area (Å²) in [4.78, 5) is 24.5. The van der Waals surface area contributed by atoms with Crippen molar-refractivity contribution in [3.63, 3.8) is 0 Å². The van der Waals surface area contributed by atoms with E-state index in [0.717, 1.165) is 78.6 Å². The number of nitrogens with zero attached hydrogens (tertiary/aromatic N) is 6. The molecule has 0 bridgehead atoms. The molecule has 37 heteroatoms. The maximum atomic E-state index is 8.70. The van der Waals surface area contributed by atoms with E-state index in [1.807, 2.05) is 97.8 Å². The fourth-order valence-corrected chi connectivity index (χ4v) is 7.59. The van der Waals surface area contributed by atoms with Gasteiger partial charge in [0, 0.05) is 178 Å². The summed E-state index contributed by atoms with van der Waals surface area (Å²) < 4.78 is 45.5. The van der Waals surface area contributed by atoms with Gasteiger partial charge >= 0.3 is 80.0 Å². The summed E-state index contributed by atoms with van der Waals surface area (Å²) >= 11 is 37.0. The second-order valence-corrected chi connectivity index (χ2v) is 37.5. The predicted molar refractivity (Wildman–Crippen MR) is 421 cm³/mol. The Balaban J connectivity index is -0.000000115. The van der Waals surface area contributed by atoms with Crippen molar-refractivity contribution < 1.29 is 88.0 Å². The Labute approximate surface area is 662 Å². The molecule has 7 heterocycles. The van der Waals surface area contributed by atoms with Crippen LogP contribution in [0.4, 0.5) is 0 Å². The first-order valence-corrected chi connectivity index (χ1v) is 51.1. The number of rotatable bonds is 18. The zero-order valence-electron chi connectivity index (χ0n) is 46.8. The molecule has 0 saturated heterocycles. The van der Waals surface area contributed by atoms with Crippen molar-refractivity contribution in [1.82, 2.24) is 19.9 Å². The van der Waals surface area contributed by atoms with E-state index in [-0.39, 0.29) is 61.3 Å². The van der Waals surface area contributed by atoms with Crippen LogP contribution in [-0.4, -0.2) is 68.9 Å². The summed E-state index contributed by atoms with van der Waals surface area (Å²) in [6, 6.07) is 28.2. The van der Waals surface area contributed by atoms with Crippen LogP contribution in [0, 0.1) is 4.78 Å². The molecule has 0 aliphatic rings. The molecule has 7 aromatic heterocycles. The SMILES string of the molecule is C.C=Cc1ccncc1.I.II.I[I-]I.N=S.NC(=[NH2+])SCCc1cc[nH+]cc1.NC(N)=S.S=NSCCc1ccncc1.S=NSCCc1ccncc1.SCCc1cc[nH+]cc1.SCCc1cc[nH+]cc1.SCCc1ccncc1.[Cl-].[Cl-].[O]=[Cr](=[O])([O-])[OH]. The molecule has 7 rings (SSSR count). The number of thioether (sulfide) groups is 1. The quantitative estimate of drug-likeness (QED) is 0.0112. The van der Waals surface area contributed by atoms with Crippen molar-refractivity contribution >= 4 is 238 Å². The summed E-state index contributed by atoms with van der Waals surface area (Å²) in [6.45, 7) is 3.60. The van der Waals surface area contributed by atoms with Crippen molar-refractivity contribution in [1.29, 1.82) is 4.78 Å². The number of thiol groups is 3. The first-order valence-electron chi connectivity index (χ1n) is 23.7. The van der Waals surface area contributed by atoms with Gasteiger partial charge in [0.1, 0.15) is 0 Å². The fourth-order valence-electron chi connectivity index (χ4n) is 4.99. The molecule has 89 heavy (non-hydrogen) atoms. The van der Waals surface area contributed by atoms with Gasteiger partial charge in [-0.3, -0.25) is 31.1 Å². The molecule has 0 unspecified atom stereocenters. The number of aromatic amines is 3. The number of pyridine rings is 7. The third-order valence-electron chi connectivity index (χ3n) is 8.48. The van der Waals surface area contributed by atoms with Crippen molar-refractivity contribution in [2.45, 2.75) is 46.0 Å². The standard InChI is InChI=1S/C8H11N3S.2C7H8N2S2.3C7H9NS.C7H7N.CH4N2S.CH4.2ClH.Cr.I3.I2.HI.HNS.H2O.3O/c9-8(10)12-6-3-7-1-4-11-5-2-7;2*10-9-11-6-3-7-1-4-8-5-2-7;3*9-6-3-7-1-4-8-5-2-7;1-2-7-3-5-8-6-4-7;2-1(3)4;;;;;1-3-2;1-2;;1-2;;;;/h1-2,4-5H,3,6H2,(H3,9,10);2*1-2,4-5H,3,6H2;3*1-2,4-5,9H,3,6H2;2-6H,1H2;(H4,2,3,4);1H4;2*1H;;;;1H;1H;1H2;;;/q;;;;;;;;;;;+1;-1;;;;;;;-1/p+1. The van der Waals surface area contributed by atoms with E-state index in [2.05, 4.69) is 247 Å². The second kappa shape index (κ2) is 88.1. The molecule has 0 radical (unpaired) electrons. The average molecular weight is 2170 g/mol. The summed E-state index contributed by atoms with van der Waals surface area (Å²) in [5.74, 6) is 5.59. The number of thiocarbonyl (C=S) groups is 1. The van der Waals surface area contributed by atoms with Gasteiger partial charge in [-0.2, -0.15) is 37.9 Å². The van der Waals surface area contributed by atoms with Crippen molar-refractivity contribution in [3.05, 3.63) is 217 Å². The van der Waals surface area contributed by atoms with Crippen LogP contribution in [0.3, 0.4) is 0 Å². The molecule has 18 nitrogen and oxygen atoms in total. The molecular weight excluding hydrogens is 2090 g/mol. The van der Waals surface area contributed by atoms with Crippen LogP contribution in [0.2, 0.25) is 0 Å². The van der Waals surface area contributed by atoms with Crippen LogP contribution in [-0.2, 0) is 97.0 Å². The molecule has 13 N–H and O–H groups in total. The Bertz CT molecular complexity index is 2540.